The summed E-state index contributed by atoms with van der Waals surface area (Å²) in [5.74, 6) is 1.62. The van der Waals surface area contributed by atoms with E-state index >= 15 is 0 Å². The fourth-order valence-electron chi connectivity index (χ4n) is 1.25. The number of nitrogens with zero attached hydrogens (tertiary/aromatic N) is 3. The van der Waals surface area contributed by atoms with Gasteiger partial charge in [-0.05, 0) is 6.42 Å². The Balaban J connectivity index is 2.61. The Bertz CT molecular complexity index is 330. The largest absolute Gasteiger partial charge is 0.396 e. The molecule has 0 amide bonds. The second kappa shape index (κ2) is 6.79. The maximum atomic E-state index is 8.75. The van der Waals surface area contributed by atoms with Crippen molar-refractivity contribution in [1.29, 1.82) is 0 Å². The summed E-state index contributed by atoms with van der Waals surface area (Å²) in [6, 6.07) is 1.88. The van der Waals surface area contributed by atoms with Crippen LogP contribution in [0.3, 0.4) is 0 Å². The van der Waals surface area contributed by atoms with E-state index in [-0.39, 0.29) is 6.61 Å². The van der Waals surface area contributed by atoms with Crippen LogP contribution in [0.2, 0.25) is 0 Å². The molecule has 0 aliphatic heterocycles. The molecule has 1 aromatic rings. The summed E-state index contributed by atoms with van der Waals surface area (Å²) in [5.41, 5.74) is 0. The summed E-state index contributed by atoms with van der Waals surface area (Å²) in [4.78, 5) is 10.2. The highest BCUT2D eigenvalue weighted by Gasteiger charge is 2.03. The topological polar surface area (TPSA) is 61.3 Å². The average Bonchev–Trinajstić information content (AvgIpc) is 2.33. The first kappa shape index (κ1) is 12.4. The maximum absolute atomic E-state index is 8.75. The van der Waals surface area contributed by atoms with Crippen LogP contribution in [0.5, 0.6) is 0 Å². The van der Waals surface area contributed by atoms with E-state index in [4.69, 9.17) is 5.11 Å². The fraction of sp³-hybridized carbons (Fsp3) is 0.455. The van der Waals surface area contributed by atoms with Crippen LogP contribution >= 0.6 is 0 Å². The first-order chi connectivity index (χ1) is 7.77. The second-order valence-corrected chi connectivity index (χ2v) is 3.43. The molecule has 0 saturated carbocycles. The molecule has 0 bridgehead atoms. The van der Waals surface area contributed by atoms with Crippen molar-refractivity contribution in [3.63, 3.8) is 0 Å². The van der Waals surface area contributed by atoms with E-state index in [2.05, 4.69) is 21.9 Å². The maximum Gasteiger partial charge on any atom is 0.133 e. The van der Waals surface area contributed by atoms with Crippen LogP contribution in [-0.2, 0) is 0 Å². The molecule has 1 heterocycles. The second-order valence-electron chi connectivity index (χ2n) is 3.43. The predicted molar refractivity (Wildman–Crippen MR) is 65.7 cm³/mol. The minimum Gasteiger partial charge on any atom is -0.396 e. The van der Waals surface area contributed by atoms with Gasteiger partial charge in [0.2, 0.25) is 0 Å². The summed E-state index contributed by atoms with van der Waals surface area (Å²) in [6.45, 7) is 5.27. The Morgan fingerprint density at radius 2 is 2.38 bits per heavy atom. The fourth-order valence-corrected chi connectivity index (χ4v) is 1.25. The van der Waals surface area contributed by atoms with Gasteiger partial charge in [0, 0.05) is 32.8 Å². The van der Waals surface area contributed by atoms with E-state index in [1.807, 2.05) is 18.0 Å². The molecule has 5 heteroatoms. The summed E-state index contributed by atoms with van der Waals surface area (Å²) in [7, 11) is 1.94. The monoisotopic (exact) mass is 222 g/mol. The summed E-state index contributed by atoms with van der Waals surface area (Å²) >= 11 is 0. The van der Waals surface area contributed by atoms with E-state index in [0.717, 1.165) is 24.6 Å². The lowest BCUT2D eigenvalue weighted by atomic mass is 10.4. The van der Waals surface area contributed by atoms with Crippen molar-refractivity contribution in [2.24, 2.45) is 0 Å². The number of hydrogen-bond donors (Lipinski definition) is 2. The van der Waals surface area contributed by atoms with Gasteiger partial charge in [0.15, 0.2) is 0 Å². The molecule has 1 aromatic heterocycles. The van der Waals surface area contributed by atoms with Crippen molar-refractivity contribution in [3.05, 3.63) is 25.0 Å². The molecule has 0 aromatic carbocycles. The van der Waals surface area contributed by atoms with Crippen LogP contribution in [0.25, 0.3) is 0 Å². The van der Waals surface area contributed by atoms with Gasteiger partial charge < -0.3 is 15.3 Å². The molecule has 0 fully saturated rings. The molecule has 5 nitrogen and oxygen atoms in total. The van der Waals surface area contributed by atoms with Gasteiger partial charge in [-0.1, -0.05) is 6.08 Å². The molecule has 0 unspecified atom stereocenters. The van der Waals surface area contributed by atoms with Gasteiger partial charge in [-0.25, -0.2) is 9.97 Å². The smallest absolute Gasteiger partial charge is 0.133 e. The number of nitrogens with one attached hydrogen (secondary N) is 1. The van der Waals surface area contributed by atoms with Crippen LogP contribution in [0.1, 0.15) is 6.42 Å². The molecular weight excluding hydrogens is 204 g/mol. The highest BCUT2D eigenvalue weighted by Crippen LogP contribution is 2.12. The third kappa shape index (κ3) is 3.86. The number of hydrogen-bond acceptors (Lipinski definition) is 5. The lowest BCUT2D eigenvalue weighted by Gasteiger charge is -2.17. The molecule has 0 radical (unpaired) electrons. The SMILES string of the molecule is C=CCNc1cc(N(C)CCCO)ncn1. The van der Waals surface area contributed by atoms with Crippen molar-refractivity contribution in [3.8, 4) is 0 Å². The Morgan fingerprint density at radius 1 is 1.56 bits per heavy atom. The number of aliphatic hydroxyl groups excluding tert-OH is 1. The standard InChI is InChI=1S/C11H18N4O/c1-3-5-12-10-8-11(14-9-13-10)15(2)6-4-7-16/h3,8-9,16H,1,4-7H2,2H3,(H,12,13,14). The molecule has 16 heavy (non-hydrogen) atoms. The van der Waals surface area contributed by atoms with Crippen LogP contribution in [-0.4, -0.2) is 41.8 Å². The van der Waals surface area contributed by atoms with Gasteiger partial charge in [-0.15, -0.1) is 6.58 Å². The number of anilines is 2. The third-order valence-electron chi connectivity index (χ3n) is 2.12. The molecular formula is C11H18N4O. The van der Waals surface area contributed by atoms with E-state index in [1.54, 1.807) is 6.08 Å². The third-order valence-corrected chi connectivity index (χ3v) is 2.12. The zero-order valence-electron chi connectivity index (χ0n) is 9.56. The predicted octanol–water partition coefficient (Wildman–Crippen LogP) is 0.893. The van der Waals surface area contributed by atoms with Gasteiger partial charge >= 0.3 is 0 Å². The van der Waals surface area contributed by atoms with Gasteiger partial charge in [0.25, 0.3) is 0 Å². The quantitative estimate of drug-likeness (QED) is 0.671. The molecule has 0 atom stereocenters. The Labute approximate surface area is 95.8 Å². The lowest BCUT2D eigenvalue weighted by molar-refractivity contribution is 0.290. The summed E-state index contributed by atoms with van der Waals surface area (Å²) in [6.07, 6.45) is 4.03. The highest BCUT2D eigenvalue weighted by molar-refractivity contribution is 5.48. The molecule has 0 saturated heterocycles. The van der Waals surface area contributed by atoms with Crippen LogP contribution < -0.4 is 10.2 Å². The first-order valence-electron chi connectivity index (χ1n) is 5.26. The lowest BCUT2D eigenvalue weighted by Crippen LogP contribution is -2.20. The molecule has 2 N–H and O–H groups in total. The van der Waals surface area contributed by atoms with E-state index in [0.29, 0.717) is 6.54 Å². The molecule has 0 spiro atoms. The number of aliphatic hydroxyl groups is 1. The normalized spacial score (nSPS) is 9.88. The minimum atomic E-state index is 0.191. The van der Waals surface area contributed by atoms with Crippen molar-refractivity contribution < 1.29 is 5.11 Å². The van der Waals surface area contributed by atoms with Gasteiger partial charge in [-0.3, -0.25) is 0 Å². The average molecular weight is 222 g/mol. The van der Waals surface area contributed by atoms with Gasteiger partial charge in [0.05, 0.1) is 0 Å². The minimum absolute atomic E-state index is 0.191. The van der Waals surface area contributed by atoms with Crippen molar-refractivity contribution in [2.75, 3.05) is 37.0 Å². The Hall–Kier alpha value is -1.62. The van der Waals surface area contributed by atoms with Gasteiger partial charge in [0.1, 0.15) is 18.0 Å². The van der Waals surface area contributed by atoms with Crippen molar-refractivity contribution >= 4 is 11.6 Å². The zero-order chi connectivity index (χ0) is 11.8. The van der Waals surface area contributed by atoms with Crippen LogP contribution in [0.15, 0.2) is 25.0 Å². The van der Waals surface area contributed by atoms with Crippen LogP contribution in [0, 0.1) is 0 Å². The summed E-state index contributed by atoms with van der Waals surface area (Å²) in [5, 5.41) is 11.9. The van der Waals surface area contributed by atoms with E-state index in [9.17, 15) is 0 Å². The van der Waals surface area contributed by atoms with E-state index < -0.39 is 0 Å². The van der Waals surface area contributed by atoms with Crippen molar-refractivity contribution in [1.82, 2.24) is 9.97 Å². The zero-order valence-corrected chi connectivity index (χ0v) is 9.56. The Kier molecular flexibility index (Phi) is 5.28. The van der Waals surface area contributed by atoms with Crippen molar-refractivity contribution in [2.45, 2.75) is 6.42 Å². The van der Waals surface area contributed by atoms with Crippen LogP contribution in [0.4, 0.5) is 11.6 Å². The van der Waals surface area contributed by atoms with Gasteiger partial charge in [-0.2, -0.15) is 0 Å². The molecule has 0 aliphatic rings. The summed E-state index contributed by atoms with van der Waals surface area (Å²) < 4.78 is 0. The molecule has 1 rings (SSSR count). The Morgan fingerprint density at radius 3 is 3.06 bits per heavy atom. The molecule has 88 valence electrons. The number of aromatic nitrogens is 2. The van der Waals surface area contributed by atoms with E-state index in [1.165, 1.54) is 6.33 Å². The number of rotatable bonds is 7. The first-order valence-corrected chi connectivity index (χ1v) is 5.26. The highest BCUT2D eigenvalue weighted by atomic mass is 16.3. The molecule has 0 aliphatic carbocycles.